The van der Waals surface area contributed by atoms with Crippen molar-refractivity contribution in [3.63, 3.8) is 0 Å². The Morgan fingerprint density at radius 2 is 2.10 bits per heavy atom. The van der Waals surface area contributed by atoms with Gasteiger partial charge in [-0.3, -0.25) is 4.79 Å². The molecular weight excluding hydrogens is 480 g/mol. The van der Waals surface area contributed by atoms with Crippen LogP contribution in [-0.2, 0) is 19.9 Å². The molecule has 2 unspecified atom stereocenters. The number of benzene rings is 1. The number of thiocarbonyl (C=S) groups is 1. The highest BCUT2D eigenvalue weighted by molar-refractivity contribution is 9.11. The van der Waals surface area contributed by atoms with Gasteiger partial charge in [0, 0.05) is 27.3 Å². The van der Waals surface area contributed by atoms with Gasteiger partial charge in [-0.1, -0.05) is 6.07 Å². The lowest BCUT2D eigenvalue weighted by molar-refractivity contribution is -0.380. The number of hydrogen-bond donors (Lipinski definition) is 1. The largest absolute Gasteiger partial charge is 0.464 e. The number of hydrogen-bond acceptors (Lipinski definition) is 7. The summed E-state index contributed by atoms with van der Waals surface area (Å²) in [7, 11) is 0. The van der Waals surface area contributed by atoms with Crippen LogP contribution in [0.1, 0.15) is 34.6 Å². The van der Waals surface area contributed by atoms with E-state index in [1.165, 1.54) is 17.4 Å². The van der Waals surface area contributed by atoms with E-state index >= 15 is 0 Å². The molecule has 0 aliphatic carbocycles. The minimum Gasteiger partial charge on any atom is -0.464 e. The minimum absolute atomic E-state index is 0.128. The van der Waals surface area contributed by atoms with Crippen molar-refractivity contribution in [2.24, 2.45) is 0 Å². The maximum absolute atomic E-state index is 13.3. The summed E-state index contributed by atoms with van der Waals surface area (Å²) in [5.41, 5.74) is -0.0580. The SMILES string of the molecule is CCOC(=O)C1N(C(=O)c2ccc(C)c([NH+]=O)c2)C(=S)OC1(C)c1ccc(Br)s1. The number of carbonyl (C=O) groups is 2. The average molecular weight is 498 g/mol. The van der Waals surface area contributed by atoms with Crippen molar-refractivity contribution in [1.82, 2.24) is 4.90 Å². The van der Waals surface area contributed by atoms with Gasteiger partial charge in [-0.2, -0.15) is 0 Å². The third-order valence-corrected chi connectivity index (χ3v) is 6.78. The Balaban J connectivity index is 2.08. The van der Waals surface area contributed by atoms with Gasteiger partial charge in [0.2, 0.25) is 0 Å². The zero-order valence-corrected chi connectivity index (χ0v) is 19.1. The zero-order valence-electron chi connectivity index (χ0n) is 15.9. The molecule has 1 aromatic heterocycles. The van der Waals surface area contributed by atoms with Crippen molar-refractivity contribution in [2.45, 2.75) is 32.4 Å². The van der Waals surface area contributed by atoms with E-state index in [-0.39, 0.29) is 23.0 Å². The summed E-state index contributed by atoms with van der Waals surface area (Å²) in [6, 6.07) is 7.16. The van der Waals surface area contributed by atoms with Crippen molar-refractivity contribution < 1.29 is 24.2 Å². The minimum atomic E-state index is -1.21. The number of aryl methyl sites for hydroxylation is 1. The van der Waals surface area contributed by atoms with E-state index in [4.69, 9.17) is 21.7 Å². The molecule has 1 aliphatic rings. The molecule has 29 heavy (non-hydrogen) atoms. The maximum atomic E-state index is 13.3. The number of rotatable bonds is 5. The van der Waals surface area contributed by atoms with Crippen molar-refractivity contribution >= 4 is 62.2 Å². The van der Waals surface area contributed by atoms with E-state index in [1.807, 2.05) is 17.3 Å². The summed E-state index contributed by atoms with van der Waals surface area (Å²) in [4.78, 5) is 39.2. The summed E-state index contributed by atoms with van der Waals surface area (Å²) in [6.45, 7) is 5.27. The molecule has 2 aromatic rings. The second-order valence-electron chi connectivity index (χ2n) is 6.54. The fourth-order valence-corrected chi connectivity index (χ4v) is 5.01. The van der Waals surface area contributed by atoms with Crippen LogP contribution in [0.15, 0.2) is 34.1 Å². The van der Waals surface area contributed by atoms with Crippen LogP contribution in [0.3, 0.4) is 0 Å². The summed E-state index contributed by atoms with van der Waals surface area (Å²) in [5.74, 6) is -1.18. The molecule has 0 saturated carbocycles. The average Bonchev–Trinajstić information content (AvgIpc) is 3.23. The molecular formula is C19H18BrN2O5S2+. The first kappa shape index (κ1) is 21.5. The fraction of sp³-hybridized carbons (Fsp3) is 0.316. The van der Waals surface area contributed by atoms with E-state index in [0.29, 0.717) is 10.4 Å². The van der Waals surface area contributed by atoms with E-state index < -0.39 is 23.5 Å². The van der Waals surface area contributed by atoms with Crippen LogP contribution < -0.4 is 5.18 Å². The molecule has 1 fully saturated rings. The number of thiophene rings is 1. The Bertz CT molecular complexity index is 1010. The number of nitrogens with one attached hydrogen (secondary N) is 1. The van der Waals surface area contributed by atoms with Crippen LogP contribution in [0.4, 0.5) is 5.69 Å². The highest BCUT2D eigenvalue weighted by atomic mass is 79.9. The molecule has 1 N–H and O–H groups in total. The van der Waals surface area contributed by atoms with Gasteiger partial charge in [-0.15, -0.1) is 11.3 Å². The van der Waals surface area contributed by atoms with E-state index in [1.54, 1.807) is 32.9 Å². The maximum Gasteiger partial charge on any atom is 0.334 e. The zero-order chi connectivity index (χ0) is 21.3. The molecule has 1 aliphatic heterocycles. The van der Waals surface area contributed by atoms with Gasteiger partial charge in [0.1, 0.15) is 0 Å². The Hall–Kier alpha value is -2.17. The lowest BCUT2D eigenvalue weighted by Gasteiger charge is -2.29. The number of nitrogens with zero attached hydrogens (tertiary/aromatic N) is 1. The smallest absolute Gasteiger partial charge is 0.334 e. The Labute approximate surface area is 185 Å². The number of nitroso groups, excluding NO2 is 1. The second kappa shape index (κ2) is 8.29. The van der Waals surface area contributed by atoms with Gasteiger partial charge in [-0.25, -0.2) is 9.69 Å². The molecule has 2 atom stereocenters. The number of halogens is 1. The molecule has 1 saturated heterocycles. The van der Waals surface area contributed by atoms with Crippen LogP contribution in [0.2, 0.25) is 0 Å². The van der Waals surface area contributed by atoms with Crippen LogP contribution in [0.5, 0.6) is 0 Å². The topological polar surface area (TPSA) is 86.9 Å². The number of amides is 1. The van der Waals surface area contributed by atoms with E-state index in [9.17, 15) is 14.5 Å². The summed E-state index contributed by atoms with van der Waals surface area (Å²) in [5, 5.41) is 1.68. The fourth-order valence-electron chi connectivity index (χ4n) is 3.16. The summed E-state index contributed by atoms with van der Waals surface area (Å²) >= 11 is 10.1. The van der Waals surface area contributed by atoms with Gasteiger partial charge in [0.05, 0.1) is 15.3 Å². The second-order valence-corrected chi connectivity index (χ2v) is 9.35. The van der Waals surface area contributed by atoms with Gasteiger partial charge in [-0.05, 0) is 67.1 Å². The van der Waals surface area contributed by atoms with Crippen LogP contribution in [0.25, 0.3) is 0 Å². The van der Waals surface area contributed by atoms with Crippen LogP contribution >= 0.6 is 39.5 Å². The van der Waals surface area contributed by atoms with Crippen molar-refractivity contribution in [3.8, 4) is 0 Å². The van der Waals surface area contributed by atoms with Crippen molar-refractivity contribution in [1.29, 1.82) is 0 Å². The van der Waals surface area contributed by atoms with Gasteiger partial charge >= 0.3 is 5.97 Å². The number of carbonyl (C=O) groups excluding carboxylic acids is 2. The van der Waals surface area contributed by atoms with Crippen molar-refractivity contribution in [3.05, 3.63) is 55.0 Å². The number of ether oxygens (including phenoxy) is 2. The highest BCUT2D eigenvalue weighted by Crippen LogP contribution is 2.44. The molecule has 1 aromatic carbocycles. The van der Waals surface area contributed by atoms with Gasteiger partial charge < -0.3 is 9.47 Å². The predicted molar refractivity (Wildman–Crippen MR) is 115 cm³/mol. The first-order valence-electron chi connectivity index (χ1n) is 8.70. The molecule has 0 spiro atoms. The van der Waals surface area contributed by atoms with E-state index in [0.717, 1.165) is 8.69 Å². The van der Waals surface area contributed by atoms with Gasteiger partial charge in [0.15, 0.2) is 11.6 Å². The first-order valence-corrected chi connectivity index (χ1v) is 10.7. The quantitative estimate of drug-likeness (QED) is 0.504. The monoisotopic (exact) mass is 497 g/mol. The third-order valence-electron chi connectivity index (χ3n) is 4.66. The molecule has 10 heteroatoms. The first-order chi connectivity index (χ1) is 13.7. The Morgan fingerprint density at radius 3 is 2.69 bits per heavy atom. The Morgan fingerprint density at radius 1 is 1.38 bits per heavy atom. The van der Waals surface area contributed by atoms with E-state index in [2.05, 4.69) is 15.9 Å². The van der Waals surface area contributed by atoms with Crippen molar-refractivity contribution in [2.75, 3.05) is 6.61 Å². The summed E-state index contributed by atoms with van der Waals surface area (Å²) in [6.07, 6.45) is 0. The van der Waals surface area contributed by atoms with Crippen LogP contribution in [0, 0.1) is 11.8 Å². The number of esters is 1. The third kappa shape index (κ3) is 3.84. The van der Waals surface area contributed by atoms with Gasteiger partial charge in [0.25, 0.3) is 16.8 Å². The molecule has 2 heterocycles. The highest BCUT2D eigenvalue weighted by Gasteiger charge is 2.58. The molecule has 0 bridgehead atoms. The molecule has 3 rings (SSSR count). The normalized spacial score (nSPS) is 21.0. The Kier molecular flexibility index (Phi) is 6.16. The molecule has 152 valence electrons. The van der Waals surface area contributed by atoms with Crippen LogP contribution in [-0.4, -0.2) is 34.6 Å². The standard InChI is InChI=1S/C19H17BrN2O5S2/c1-4-26-17(24)15-19(3,13-7-8-14(20)29-13)27-18(28)22(15)16(23)11-6-5-10(2)12(9-11)21-25/h5-9,15H,4H2,1-3H3/p+1. The lowest BCUT2D eigenvalue weighted by atomic mass is 9.93. The molecule has 0 radical (unpaired) electrons. The lowest BCUT2D eigenvalue weighted by Crippen LogP contribution is -2.56. The predicted octanol–water partition coefficient (Wildman–Crippen LogP) is 2.90. The molecule has 7 nitrogen and oxygen atoms in total. The summed E-state index contributed by atoms with van der Waals surface area (Å²) < 4.78 is 12.0. The molecule has 1 amide bonds.